The number of rotatable bonds is 2. The molecule has 1 aliphatic rings. The highest BCUT2D eigenvalue weighted by molar-refractivity contribution is 5.81. The van der Waals surface area contributed by atoms with Gasteiger partial charge >= 0.3 is 0 Å². The van der Waals surface area contributed by atoms with Gasteiger partial charge in [-0.25, -0.2) is 0 Å². The molecule has 0 spiro atoms. The molecule has 24 heavy (non-hydrogen) atoms. The number of H-pyrrole nitrogens is 1. The molecule has 1 aromatic carbocycles. The minimum atomic E-state index is -0.572. The fraction of sp³-hybridized carbons (Fsp3) is 0.278. The fourth-order valence-corrected chi connectivity index (χ4v) is 3.29. The molecule has 0 atom stereocenters. The van der Waals surface area contributed by atoms with Crippen LogP contribution in [0.1, 0.15) is 30.0 Å². The van der Waals surface area contributed by atoms with Crippen LogP contribution in [0.3, 0.4) is 0 Å². The van der Waals surface area contributed by atoms with Gasteiger partial charge in [0.05, 0.1) is 0 Å². The molecule has 3 N–H and O–H groups in total. The van der Waals surface area contributed by atoms with Gasteiger partial charge in [-0.15, -0.1) is 0 Å². The summed E-state index contributed by atoms with van der Waals surface area (Å²) in [6.45, 7) is 4.06. The summed E-state index contributed by atoms with van der Waals surface area (Å²) >= 11 is 0. The third kappa shape index (κ3) is 2.39. The first-order chi connectivity index (χ1) is 11.6. The van der Waals surface area contributed by atoms with Crippen molar-refractivity contribution in [1.29, 1.82) is 10.5 Å². The van der Waals surface area contributed by atoms with Crippen molar-refractivity contribution in [2.75, 3.05) is 23.7 Å². The van der Waals surface area contributed by atoms with Crippen molar-refractivity contribution in [3.63, 3.8) is 0 Å². The van der Waals surface area contributed by atoms with E-state index in [1.807, 2.05) is 30.3 Å². The first-order valence-corrected chi connectivity index (χ1v) is 7.84. The zero-order valence-electron chi connectivity index (χ0n) is 13.4. The molecule has 0 saturated carbocycles. The highest BCUT2D eigenvalue weighted by atomic mass is 16.1. The molecule has 1 aromatic heterocycles. The van der Waals surface area contributed by atoms with E-state index in [2.05, 4.69) is 16.8 Å². The number of hydrogen-bond acceptors (Lipinski definition) is 5. The number of nitrogens with zero attached hydrogens (tertiary/aromatic N) is 3. The Kier molecular flexibility index (Phi) is 3.97. The summed E-state index contributed by atoms with van der Waals surface area (Å²) in [5.74, 6) is -0.00981. The van der Waals surface area contributed by atoms with Gasteiger partial charge in [-0.05, 0) is 43.0 Å². The number of hydrogen-bond donors (Lipinski definition) is 2. The van der Waals surface area contributed by atoms with Crippen LogP contribution in [-0.2, 0) is 6.42 Å². The highest BCUT2D eigenvalue weighted by Crippen LogP contribution is 2.34. The van der Waals surface area contributed by atoms with Crippen molar-refractivity contribution in [1.82, 2.24) is 4.98 Å². The number of aromatic amines is 1. The lowest BCUT2D eigenvalue weighted by Gasteiger charge is -2.30. The Bertz CT molecular complexity index is 946. The molecule has 120 valence electrons. The number of aryl methyl sites for hydroxylation is 1. The van der Waals surface area contributed by atoms with Crippen LogP contribution in [0.2, 0.25) is 0 Å². The topological polar surface area (TPSA) is 110 Å². The molecule has 0 bridgehead atoms. The van der Waals surface area contributed by atoms with Gasteiger partial charge in [0.25, 0.3) is 5.56 Å². The van der Waals surface area contributed by atoms with Crippen molar-refractivity contribution in [2.45, 2.75) is 19.8 Å². The van der Waals surface area contributed by atoms with Crippen LogP contribution in [0.4, 0.5) is 11.5 Å². The number of nitrogen functional groups attached to an aromatic ring is 1. The van der Waals surface area contributed by atoms with Crippen LogP contribution in [0.25, 0.3) is 11.1 Å². The number of pyridine rings is 1. The number of fused-ring (bicyclic) bond motifs is 1. The van der Waals surface area contributed by atoms with Crippen molar-refractivity contribution in [3.05, 3.63) is 45.2 Å². The maximum atomic E-state index is 12.0. The van der Waals surface area contributed by atoms with Crippen LogP contribution >= 0.6 is 0 Å². The Labute approximate surface area is 139 Å². The van der Waals surface area contributed by atoms with Crippen LogP contribution in [0, 0.1) is 22.7 Å². The normalized spacial score (nSPS) is 13.0. The summed E-state index contributed by atoms with van der Waals surface area (Å²) in [7, 11) is 0. The molecule has 0 aliphatic carbocycles. The lowest BCUT2D eigenvalue weighted by Crippen LogP contribution is -2.28. The van der Waals surface area contributed by atoms with Crippen molar-refractivity contribution in [3.8, 4) is 23.3 Å². The van der Waals surface area contributed by atoms with Gasteiger partial charge < -0.3 is 15.6 Å². The Balaban J connectivity index is 2.26. The Hall–Kier alpha value is -3.25. The number of anilines is 2. The second-order valence-electron chi connectivity index (χ2n) is 5.74. The molecule has 2 aromatic rings. The third-order valence-corrected chi connectivity index (χ3v) is 4.43. The predicted molar refractivity (Wildman–Crippen MR) is 92.5 cm³/mol. The molecule has 0 amide bonds. The SMILES string of the molecule is CCN1CCCc2cc(-c3c(C#N)c(N)[nH]c(=O)c3C#N)ccc21. The van der Waals surface area contributed by atoms with E-state index < -0.39 is 5.56 Å². The summed E-state index contributed by atoms with van der Waals surface area (Å²) < 4.78 is 0. The van der Waals surface area contributed by atoms with Gasteiger partial charge in [0.2, 0.25) is 0 Å². The van der Waals surface area contributed by atoms with Gasteiger partial charge in [-0.3, -0.25) is 4.79 Å². The lowest BCUT2D eigenvalue weighted by molar-refractivity contribution is 0.708. The van der Waals surface area contributed by atoms with E-state index in [1.165, 1.54) is 5.69 Å². The summed E-state index contributed by atoms with van der Waals surface area (Å²) in [6.07, 6.45) is 1.99. The van der Waals surface area contributed by atoms with Crippen LogP contribution in [0.5, 0.6) is 0 Å². The van der Waals surface area contributed by atoms with E-state index in [1.54, 1.807) is 0 Å². The van der Waals surface area contributed by atoms with Gasteiger partial charge in [0, 0.05) is 24.3 Å². The fourth-order valence-electron chi connectivity index (χ4n) is 3.29. The summed E-state index contributed by atoms with van der Waals surface area (Å²) in [6, 6.07) is 9.72. The maximum absolute atomic E-state index is 12.0. The predicted octanol–water partition coefficient (Wildman–Crippen LogP) is 2.14. The van der Waals surface area contributed by atoms with E-state index >= 15 is 0 Å². The number of nitriles is 2. The Morgan fingerprint density at radius 1 is 1.29 bits per heavy atom. The molecule has 0 unspecified atom stereocenters. The van der Waals surface area contributed by atoms with Gasteiger partial charge in [0.15, 0.2) is 0 Å². The monoisotopic (exact) mass is 319 g/mol. The number of benzene rings is 1. The Morgan fingerprint density at radius 2 is 2.04 bits per heavy atom. The smallest absolute Gasteiger partial charge is 0.268 e. The molecule has 3 rings (SSSR count). The standard InChI is InChI=1S/C18H17N5O/c1-2-23-7-3-4-11-8-12(5-6-15(11)23)16-13(9-19)17(21)22-18(24)14(16)10-20/h5-6,8H,2-4,7H2,1H3,(H3,21,22,24). The average Bonchev–Trinajstić information content (AvgIpc) is 2.60. The van der Waals surface area contributed by atoms with E-state index in [0.717, 1.165) is 31.5 Å². The molecule has 2 heterocycles. The van der Waals surface area contributed by atoms with Crippen LogP contribution < -0.4 is 16.2 Å². The van der Waals surface area contributed by atoms with Gasteiger partial charge in [0.1, 0.15) is 29.1 Å². The summed E-state index contributed by atoms with van der Waals surface area (Å²) in [5.41, 5.74) is 8.58. The molecule has 6 heteroatoms. The molecule has 0 radical (unpaired) electrons. The van der Waals surface area contributed by atoms with E-state index in [-0.39, 0.29) is 16.9 Å². The third-order valence-electron chi connectivity index (χ3n) is 4.43. The number of nitrogens with one attached hydrogen (secondary N) is 1. The van der Waals surface area contributed by atoms with Crippen LogP contribution in [0.15, 0.2) is 23.0 Å². The maximum Gasteiger partial charge on any atom is 0.268 e. The van der Waals surface area contributed by atoms with Crippen molar-refractivity contribution < 1.29 is 0 Å². The molecule has 0 saturated heterocycles. The zero-order chi connectivity index (χ0) is 17.3. The van der Waals surface area contributed by atoms with E-state index in [0.29, 0.717) is 11.1 Å². The zero-order valence-corrected chi connectivity index (χ0v) is 13.4. The molecule has 0 fully saturated rings. The first-order valence-electron chi connectivity index (χ1n) is 7.84. The quantitative estimate of drug-likeness (QED) is 0.881. The van der Waals surface area contributed by atoms with Gasteiger partial charge in [-0.2, -0.15) is 10.5 Å². The summed E-state index contributed by atoms with van der Waals surface area (Å²) in [4.78, 5) is 16.7. The van der Waals surface area contributed by atoms with E-state index in [4.69, 9.17) is 5.73 Å². The van der Waals surface area contributed by atoms with E-state index in [9.17, 15) is 15.3 Å². The second-order valence-corrected chi connectivity index (χ2v) is 5.74. The highest BCUT2D eigenvalue weighted by Gasteiger charge is 2.21. The first kappa shape index (κ1) is 15.6. The number of nitrogens with two attached hydrogens (primary N) is 1. The number of aromatic nitrogens is 1. The van der Waals surface area contributed by atoms with Gasteiger partial charge in [-0.1, -0.05) is 6.07 Å². The van der Waals surface area contributed by atoms with Crippen LogP contribution in [-0.4, -0.2) is 18.1 Å². The minimum Gasteiger partial charge on any atom is -0.384 e. The average molecular weight is 319 g/mol. The lowest BCUT2D eigenvalue weighted by atomic mass is 9.92. The van der Waals surface area contributed by atoms with Crippen molar-refractivity contribution in [2.24, 2.45) is 0 Å². The molecule has 6 nitrogen and oxygen atoms in total. The molecule has 1 aliphatic heterocycles. The largest absolute Gasteiger partial charge is 0.384 e. The second kappa shape index (κ2) is 6.10. The molecular formula is C18H17N5O. The summed E-state index contributed by atoms with van der Waals surface area (Å²) in [5, 5.41) is 18.8. The minimum absolute atomic E-state index is 0.00981. The Morgan fingerprint density at radius 3 is 2.71 bits per heavy atom. The molecular weight excluding hydrogens is 302 g/mol. The van der Waals surface area contributed by atoms with Crippen molar-refractivity contribution >= 4 is 11.5 Å².